The van der Waals surface area contributed by atoms with Crippen LogP contribution in [0.5, 0.6) is 0 Å². The first kappa shape index (κ1) is 16.6. The highest BCUT2D eigenvalue weighted by Crippen LogP contribution is 2.36. The van der Waals surface area contributed by atoms with Gasteiger partial charge in [-0.15, -0.1) is 0 Å². The molecule has 2 rings (SSSR count). The van der Waals surface area contributed by atoms with Crippen molar-refractivity contribution in [2.45, 2.75) is 51.1 Å². The van der Waals surface area contributed by atoms with Crippen LogP contribution >= 0.6 is 23.2 Å². The molecule has 1 aliphatic heterocycles. The van der Waals surface area contributed by atoms with Crippen molar-refractivity contribution in [1.29, 1.82) is 0 Å². The molecule has 1 unspecified atom stereocenters. The third kappa shape index (κ3) is 3.20. The van der Waals surface area contributed by atoms with Gasteiger partial charge in [-0.2, -0.15) is 0 Å². The molecule has 0 spiro atoms. The molecule has 21 heavy (non-hydrogen) atoms. The summed E-state index contributed by atoms with van der Waals surface area (Å²) < 4.78 is 0. The highest BCUT2D eigenvalue weighted by atomic mass is 35.5. The molecular formula is C16H22Cl2N2O. The maximum atomic E-state index is 12.8. The predicted octanol–water partition coefficient (Wildman–Crippen LogP) is 4.17. The summed E-state index contributed by atoms with van der Waals surface area (Å²) in [4.78, 5) is 14.7. The van der Waals surface area contributed by atoms with Crippen LogP contribution < -0.4 is 5.73 Å². The first-order valence-corrected chi connectivity index (χ1v) is 8.23. The summed E-state index contributed by atoms with van der Waals surface area (Å²) in [6.07, 6.45) is 3.22. The fraction of sp³-hybridized carbons (Fsp3) is 0.562. The van der Waals surface area contributed by atoms with Crippen molar-refractivity contribution in [2.75, 3.05) is 6.54 Å². The molecule has 3 nitrogen and oxygen atoms in total. The summed E-state index contributed by atoms with van der Waals surface area (Å²) >= 11 is 12.1. The Hall–Kier alpha value is -0.770. The van der Waals surface area contributed by atoms with E-state index in [-0.39, 0.29) is 11.9 Å². The third-order valence-corrected chi connectivity index (χ3v) is 5.27. The number of likely N-dealkylation sites (tertiary alicyclic amines) is 1. The van der Waals surface area contributed by atoms with Crippen molar-refractivity contribution in [3.63, 3.8) is 0 Å². The number of hydrogen-bond acceptors (Lipinski definition) is 2. The standard InChI is InChI=1S/C16H22Cl2N2O/c1-3-16(19,4-2)15(21)20-9-5-6-14(20)11-7-8-12(17)13(18)10-11/h7-8,10,14H,3-6,9,19H2,1-2H3. The van der Waals surface area contributed by atoms with Crippen LogP contribution in [0.3, 0.4) is 0 Å². The highest BCUT2D eigenvalue weighted by molar-refractivity contribution is 6.42. The Kier molecular flexibility index (Phi) is 5.18. The summed E-state index contributed by atoms with van der Waals surface area (Å²) in [5, 5.41) is 1.06. The van der Waals surface area contributed by atoms with Gasteiger partial charge < -0.3 is 10.6 Å². The maximum Gasteiger partial charge on any atom is 0.243 e. The molecule has 1 atom stereocenters. The van der Waals surface area contributed by atoms with Gasteiger partial charge in [-0.05, 0) is 43.4 Å². The van der Waals surface area contributed by atoms with Gasteiger partial charge in [0.2, 0.25) is 5.91 Å². The Bertz CT molecular complexity index is 529. The normalized spacial score (nSPS) is 19.1. The number of carbonyl (C=O) groups is 1. The van der Waals surface area contributed by atoms with Crippen LogP contribution in [0, 0.1) is 0 Å². The molecule has 0 aliphatic carbocycles. The van der Waals surface area contributed by atoms with E-state index in [4.69, 9.17) is 28.9 Å². The number of nitrogens with two attached hydrogens (primary N) is 1. The minimum Gasteiger partial charge on any atom is -0.334 e. The summed E-state index contributed by atoms with van der Waals surface area (Å²) in [7, 11) is 0. The van der Waals surface area contributed by atoms with Crippen LogP contribution in [0.15, 0.2) is 18.2 Å². The van der Waals surface area contributed by atoms with Gasteiger partial charge >= 0.3 is 0 Å². The van der Waals surface area contributed by atoms with Gasteiger partial charge in [0.05, 0.1) is 21.6 Å². The van der Waals surface area contributed by atoms with Gasteiger partial charge in [0.25, 0.3) is 0 Å². The van der Waals surface area contributed by atoms with Crippen molar-refractivity contribution < 1.29 is 4.79 Å². The van der Waals surface area contributed by atoms with Crippen LogP contribution in [-0.2, 0) is 4.79 Å². The molecular weight excluding hydrogens is 307 g/mol. The van der Waals surface area contributed by atoms with Gasteiger partial charge in [0.1, 0.15) is 0 Å². The molecule has 0 saturated carbocycles. The first-order chi connectivity index (χ1) is 9.92. The Morgan fingerprint density at radius 1 is 1.33 bits per heavy atom. The number of benzene rings is 1. The fourth-order valence-corrected chi connectivity index (χ4v) is 3.22. The van der Waals surface area contributed by atoms with Gasteiger partial charge in [-0.25, -0.2) is 0 Å². The molecule has 1 aromatic rings. The van der Waals surface area contributed by atoms with E-state index < -0.39 is 5.54 Å². The van der Waals surface area contributed by atoms with E-state index in [1.54, 1.807) is 6.07 Å². The predicted molar refractivity (Wildman–Crippen MR) is 87.7 cm³/mol. The molecule has 0 aromatic heterocycles. The number of carbonyl (C=O) groups excluding carboxylic acids is 1. The van der Waals surface area contributed by atoms with E-state index in [1.807, 2.05) is 30.9 Å². The molecule has 116 valence electrons. The minimum absolute atomic E-state index is 0.0427. The van der Waals surface area contributed by atoms with E-state index in [1.165, 1.54) is 0 Å². The molecule has 0 bridgehead atoms. The minimum atomic E-state index is -0.765. The Morgan fingerprint density at radius 2 is 2.00 bits per heavy atom. The molecule has 1 fully saturated rings. The Balaban J connectivity index is 2.28. The van der Waals surface area contributed by atoms with E-state index in [2.05, 4.69) is 0 Å². The lowest BCUT2D eigenvalue weighted by Crippen LogP contribution is -2.54. The van der Waals surface area contributed by atoms with E-state index in [9.17, 15) is 4.79 Å². The molecule has 5 heteroatoms. The number of amides is 1. The second-order valence-corrected chi connectivity index (χ2v) is 6.51. The van der Waals surface area contributed by atoms with Crippen molar-refractivity contribution in [3.8, 4) is 0 Å². The van der Waals surface area contributed by atoms with Gasteiger partial charge in [-0.1, -0.05) is 43.1 Å². The lowest BCUT2D eigenvalue weighted by atomic mass is 9.91. The summed E-state index contributed by atoms with van der Waals surface area (Å²) in [5.41, 5.74) is 6.54. The van der Waals surface area contributed by atoms with Crippen molar-refractivity contribution >= 4 is 29.1 Å². The second-order valence-electron chi connectivity index (χ2n) is 5.69. The van der Waals surface area contributed by atoms with E-state index in [0.29, 0.717) is 22.9 Å². The van der Waals surface area contributed by atoms with Gasteiger partial charge in [0.15, 0.2) is 0 Å². The van der Waals surface area contributed by atoms with Crippen LogP contribution in [-0.4, -0.2) is 22.9 Å². The monoisotopic (exact) mass is 328 g/mol. The average molecular weight is 329 g/mol. The fourth-order valence-electron chi connectivity index (χ4n) is 2.91. The Labute approximate surface area is 136 Å². The number of rotatable bonds is 4. The second kappa shape index (κ2) is 6.55. The van der Waals surface area contributed by atoms with Crippen molar-refractivity contribution in [2.24, 2.45) is 5.73 Å². The van der Waals surface area contributed by atoms with E-state index in [0.717, 1.165) is 24.9 Å². The third-order valence-electron chi connectivity index (χ3n) is 4.53. The lowest BCUT2D eigenvalue weighted by molar-refractivity contribution is -0.138. The van der Waals surface area contributed by atoms with E-state index >= 15 is 0 Å². The van der Waals surface area contributed by atoms with Crippen molar-refractivity contribution in [1.82, 2.24) is 4.90 Å². The SMILES string of the molecule is CCC(N)(CC)C(=O)N1CCCC1c1ccc(Cl)c(Cl)c1. The summed E-state index contributed by atoms with van der Waals surface area (Å²) in [5.74, 6) is 0.0427. The number of nitrogens with zero attached hydrogens (tertiary/aromatic N) is 1. The average Bonchev–Trinajstić information content (AvgIpc) is 2.97. The molecule has 1 aliphatic rings. The molecule has 1 saturated heterocycles. The smallest absolute Gasteiger partial charge is 0.243 e. The summed E-state index contributed by atoms with van der Waals surface area (Å²) in [6.45, 7) is 4.68. The van der Waals surface area contributed by atoms with Crippen LogP contribution in [0.1, 0.15) is 51.1 Å². The molecule has 1 heterocycles. The van der Waals surface area contributed by atoms with Crippen LogP contribution in [0.2, 0.25) is 10.0 Å². The zero-order valence-corrected chi connectivity index (χ0v) is 14.0. The molecule has 2 N–H and O–H groups in total. The Morgan fingerprint density at radius 3 is 2.57 bits per heavy atom. The van der Waals surface area contributed by atoms with Gasteiger partial charge in [0, 0.05) is 6.54 Å². The number of hydrogen-bond donors (Lipinski definition) is 1. The molecule has 0 radical (unpaired) electrons. The van der Waals surface area contributed by atoms with Crippen LogP contribution in [0.25, 0.3) is 0 Å². The van der Waals surface area contributed by atoms with Gasteiger partial charge in [-0.3, -0.25) is 4.79 Å². The topological polar surface area (TPSA) is 46.3 Å². The highest BCUT2D eigenvalue weighted by Gasteiger charge is 2.39. The van der Waals surface area contributed by atoms with Crippen molar-refractivity contribution in [3.05, 3.63) is 33.8 Å². The van der Waals surface area contributed by atoms with Crippen LogP contribution in [0.4, 0.5) is 0 Å². The zero-order chi connectivity index (χ0) is 15.6. The lowest BCUT2D eigenvalue weighted by Gasteiger charge is -2.34. The maximum absolute atomic E-state index is 12.8. The molecule has 1 aromatic carbocycles. The zero-order valence-electron chi connectivity index (χ0n) is 12.5. The summed E-state index contributed by atoms with van der Waals surface area (Å²) in [6, 6.07) is 5.64. The first-order valence-electron chi connectivity index (χ1n) is 7.48. The largest absolute Gasteiger partial charge is 0.334 e. The molecule has 1 amide bonds. The number of halogens is 2. The quantitative estimate of drug-likeness (QED) is 0.901.